The molecule has 1 aliphatic heterocycles. The normalized spacial score (nSPS) is 21.0. The van der Waals surface area contributed by atoms with Crippen LogP contribution in [0.1, 0.15) is 36.5 Å². The Kier molecular flexibility index (Phi) is 5.71. The molecular weight excluding hydrogens is 312 g/mol. The molecule has 1 amide bonds. The summed E-state index contributed by atoms with van der Waals surface area (Å²) in [5, 5.41) is 7.61. The highest BCUT2D eigenvalue weighted by molar-refractivity contribution is 5.89. The second-order valence-electron chi connectivity index (χ2n) is 6.47. The quantitative estimate of drug-likeness (QED) is 0.904. The van der Waals surface area contributed by atoms with Gasteiger partial charge in [0, 0.05) is 23.0 Å². The summed E-state index contributed by atoms with van der Waals surface area (Å²) in [4.78, 5) is 12.3. The topological polar surface area (TPSA) is 54.3 Å². The van der Waals surface area contributed by atoms with Crippen molar-refractivity contribution in [1.29, 1.82) is 0 Å². The van der Waals surface area contributed by atoms with Crippen LogP contribution < -0.4 is 10.6 Å². The number of halogens is 1. The van der Waals surface area contributed by atoms with Gasteiger partial charge >= 0.3 is 0 Å². The average molecular weight is 337 g/mol. The highest BCUT2D eigenvalue weighted by atomic mass is 35.5. The maximum atomic E-state index is 12.3. The lowest BCUT2D eigenvalue weighted by Gasteiger charge is -2.28. The van der Waals surface area contributed by atoms with Crippen LogP contribution in [0.25, 0.3) is 11.0 Å². The maximum Gasteiger partial charge on any atom is 0.224 e. The Morgan fingerprint density at radius 2 is 2.17 bits per heavy atom. The summed E-state index contributed by atoms with van der Waals surface area (Å²) in [6, 6.07) is 4.89. The molecule has 0 radical (unpaired) electrons. The SMILES string of the molecule is Cc1ccc2c(CC(=O)NC3CCNC(C)C3)coc2c1C.Cl. The molecule has 1 saturated heterocycles. The molecule has 23 heavy (non-hydrogen) atoms. The van der Waals surface area contributed by atoms with Crippen LogP contribution >= 0.6 is 12.4 Å². The molecule has 0 bridgehead atoms. The number of hydrogen-bond acceptors (Lipinski definition) is 3. The number of hydrogen-bond donors (Lipinski definition) is 2. The smallest absolute Gasteiger partial charge is 0.224 e. The van der Waals surface area contributed by atoms with E-state index in [1.165, 1.54) is 5.56 Å². The fourth-order valence-electron chi connectivity index (χ4n) is 3.24. The highest BCUT2D eigenvalue weighted by Gasteiger charge is 2.20. The fraction of sp³-hybridized carbons (Fsp3) is 0.500. The van der Waals surface area contributed by atoms with Crippen molar-refractivity contribution in [2.24, 2.45) is 0 Å². The predicted molar refractivity (Wildman–Crippen MR) is 95.3 cm³/mol. The van der Waals surface area contributed by atoms with Crippen molar-refractivity contribution < 1.29 is 9.21 Å². The predicted octanol–water partition coefficient (Wildman–Crippen LogP) is 3.27. The second kappa shape index (κ2) is 7.37. The number of rotatable bonds is 3. The molecule has 2 aromatic rings. The Morgan fingerprint density at radius 1 is 1.39 bits per heavy atom. The number of furan rings is 1. The van der Waals surface area contributed by atoms with Crippen LogP contribution in [0.2, 0.25) is 0 Å². The van der Waals surface area contributed by atoms with Crippen LogP contribution in [0.5, 0.6) is 0 Å². The fourth-order valence-corrected chi connectivity index (χ4v) is 3.24. The zero-order valence-electron chi connectivity index (χ0n) is 13.9. The van der Waals surface area contributed by atoms with E-state index in [0.717, 1.165) is 41.5 Å². The molecule has 2 atom stereocenters. The van der Waals surface area contributed by atoms with Gasteiger partial charge in [-0.1, -0.05) is 12.1 Å². The van der Waals surface area contributed by atoms with Gasteiger partial charge in [-0.2, -0.15) is 0 Å². The van der Waals surface area contributed by atoms with Crippen molar-refractivity contribution in [3.05, 3.63) is 35.1 Å². The monoisotopic (exact) mass is 336 g/mol. The van der Waals surface area contributed by atoms with Crippen molar-refractivity contribution in [2.75, 3.05) is 6.54 Å². The largest absolute Gasteiger partial charge is 0.464 e. The van der Waals surface area contributed by atoms with E-state index in [9.17, 15) is 4.79 Å². The third-order valence-electron chi connectivity index (χ3n) is 4.68. The minimum absolute atomic E-state index is 0. The summed E-state index contributed by atoms with van der Waals surface area (Å²) in [6.45, 7) is 7.26. The molecule has 4 nitrogen and oxygen atoms in total. The molecule has 2 heterocycles. The van der Waals surface area contributed by atoms with E-state index in [1.54, 1.807) is 6.26 Å². The van der Waals surface area contributed by atoms with E-state index >= 15 is 0 Å². The molecule has 0 aliphatic carbocycles. The number of fused-ring (bicyclic) bond motifs is 1. The summed E-state index contributed by atoms with van der Waals surface area (Å²) in [6.07, 6.45) is 4.10. The summed E-state index contributed by atoms with van der Waals surface area (Å²) < 4.78 is 5.68. The zero-order valence-corrected chi connectivity index (χ0v) is 14.8. The number of piperidine rings is 1. The molecule has 1 aromatic carbocycles. The van der Waals surface area contributed by atoms with Crippen LogP contribution in [0.15, 0.2) is 22.8 Å². The van der Waals surface area contributed by atoms with Crippen LogP contribution in [-0.4, -0.2) is 24.5 Å². The maximum absolute atomic E-state index is 12.3. The first kappa shape index (κ1) is 17.8. The molecule has 1 aromatic heterocycles. The van der Waals surface area contributed by atoms with Crippen molar-refractivity contribution in [1.82, 2.24) is 10.6 Å². The molecular formula is C18H25ClN2O2. The van der Waals surface area contributed by atoms with Crippen LogP contribution in [0.4, 0.5) is 0 Å². The lowest BCUT2D eigenvalue weighted by Crippen LogP contribution is -2.46. The molecule has 1 aliphatic rings. The highest BCUT2D eigenvalue weighted by Crippen LogP contribution is 2.26. The lowest BCUT2D eigenvalue weighted by molar-refractivity contribution is -0.121. The minimum Gasteiger partial charge on any atom is -0.464 e. The Hall–Kier alpha value is -1.52. The van der Waals surface area contributed by atoms with Crippen molar-refractivity contribution in [3.63, 3.8) is 0 Å². The third kappa shape index (κ3) is 3.88. The number of nitrogens with one attached hydrogen (secondary N) is 2. The zero-order chi connectivity index (χ0) is 15.7. The number of aryl methyl sites for hydroxylation is 2. The molecule has 5 heteroatoms. The van der Waals surface area contributed by atoms with Crippen molar-refractivity contribution in [2.45, 2.75) is 52.1 Å². The van der Waals surface area contributed by atoms with E-state index < -0.39 is 0 Å². The van der Waals surface area contributed by atoms with Gasteiger partial charge in [-0.05, 0) is 51.3 Å². The number of carbonyl (C=O) groups excluding carboxylic acids is 1. The molecule has 1 fully saturated rings. The van der Waals surface area contributed by atoms with E-state index in [0.29, 0.717) is 12.5 Å². The van der Waals surface area contributed by atoms with Crippen LogP contribution in [-0.2, 0) is 11.2 Å². The Morgan fingerprint density at radius 3 is 2.91 bits per heavy atom. The molecule has 2 N–H and O–H groups in total. The standard InChI is InChI=1S/C18H24N2O2.ClH/c1-11-4-5-16-14(10-22-18(16)13(11)3)9-17(21)20-15-6-7-19-12(2)8-15;/h4-5,10,12,15,19H,6-9H2,1-3H3,(H,20,21);1H. The van der Waals surface area contributed by atoms with Gasteiger partial charge in [0.2, 0.25) is 5.91 Å². The Balaban J connectivity index is 0.00000192. The van der Waals surface area contributed by atoms with Gasteiger partial charge in [0.15, 0.2) is 0 Å². The van der Waals surface area contributed by atoms with Gasteiger partial charge in [0.25, 0.3) is 0 Å². The van der Waals surface area contributed by atoms with E-state index in [2.05, 4.69) is 43.5 Å². The summed E-state index contributed by atoms with van der Waals surface area (Å²) in [5.41, 5.74) is 4.23. The van der Waals surface area contributed by atoms with Crippen LogP contribution in [0.3, 0.4) is 0 Å². The van der Waals surface area contributed by atoms with Crippen molar-refractivity contribution >= 4 is 29.3 Å². The van der Waals surface area contributed by atoms with Crippen LogP contribution in [0, 0.1) is 13.8 Å². The minimum atomic E-state index is 0. The van der Waals surface area contributed by atoms with E-state index in [1.807, 2.05) is 0 Å². The molecule has 0 saturated carbocycles. The first-order valence-corrected chi connectivity index (χ1v) is 8.03. The molecule has 3 rings (SSSR count). The second-order valence-corrected chi connectivity index (χ2v) is 6.47. The first-order valence-electron chi connectivity index (χ1n) is 8.03. The number of benzene rings is 1. The van der Waals surface area contributed by atoms with Gasteiger partial charge in [0.1, 0.15) is 5.58 Å². The lowest BCUT2D eigenvalue weighted by atomic mass is 10.00. The number of amides is 1. The van der Waals surface area contributed by atoms with Gasteiger partial charge in [-0.15, -0.1) is 12.4 Å². The first-order chi connectivity index (χ1) is 10.5. The third-order valence-corrected chi connectivity index (χ3v) is 4.68. The molecule has 0 spiro atoms. The Labute approximate surface area is 143 Å². The van der Waals surface area contributed by atoms with Crippen molar-refractivity contribution in [3.8, 4) is 0 Å². The Bertz CT molecular complexity index is 696. The average Bonchev–Trinajstić information content (AvgIpc) is 2.86. The van der Waals surface area contributed by atoms with E-state index in [-0.39, 0.29) is 24.4 Å². The van der Waals surface area contributed by atoms with E-state index in [4.69, 9.17) is 4.42 Å². The molecule has 126 valence electrons. The van der Waals surface area contributed by atoms with Gasteiger partial charge in [-0.3, -0.25) is 4.79 Å². The van der Waals surface area contributed by atoms with Gasteiger partial charge in [0.05, 0.1) is 12.7 Å². The summed E-state index contributed by atoms with van der Waals surface area (Å²) in [7, 11) is 0. The molecule has 2 unspecified atom stereocenters. The summed E-state index contributed by atoms with van der Waals surface area (Å²) >= 11 is 0. The van der Waals surface area contributed by atoms with Gasteiger partial charge in [-0.25, -0.2) is 0 Å². The number of carbonyl (C=O) groups is 1. The van der Waals surface area contributed by atoms with Gasteiger partial charge < -0.3 is 15.1 Å². The summed E-state index contributed by atoms with van der Waals surface area (Å²) in [5.74, 6) is 0.0834.